The topological polar surface area (TPSA) is 66.9 Å². The maximum atomic E-state index is 11.5. The predicted octanol–water partition coefficient (Wildman–Crippen LogP) is 1.82. The van der Waals surface area contributed by atoms with Gasteiger partial charge in [0.1, 0.15) is 5.01 Å². The van der Waals surface area contributed by atoms with Gasteiger partial charge < -0.3 is 10.6 Å². The zero-order chi connectivity index (χ0) is 12.5. The third kappa shape index (κ3) is 5.74. The van der Waals surface area contributed by atoms with E-state index in [-0.39, 0.29) is 5.91 Å². The van der Waals surface area contributed by atoms with Crippen LogP contribution in [0, 0.1) is 0 Å². The normalized spacial score (nSPS) is 10.5. The average molecular weight is 256 g/mol. The first kappa shape index (κ1) is 14.1. The van der Waals surface area contributed by atoms with E-state index in [1.807, 2.05) is 7.05 Å². The van der Waals surface area contributed by atoms with Crippen molar-refractivity contribution < 1.29 is 4.79 Å². The Morgan fingerprint density at radius 1 is 1.35 bits per heavy atom. The Kier molecular flexibility index (Phi) is 6.73. The molecular weight excluding hydrogens is 236 g/mol. The lowest BCUT2D eigenvalue weighted by Crippen LogP contribution is -2.15. The van der Waals surface area contributed by atoms with Crippen molar-refractivity contribution in [3.63, 3.8) is 0 Å². The molecule has 1 heterocycles. The van der Waals surface area contributed by atoms with Crippen LogP contribution in [0.3, 0.4) is 0 Å². The van der Waals surface area contributed by atoms with Crippen molar-refractivity contribution in [3.8, 4) is 0 Å². The Hall–Kier alpha value is -1.01. The van der Waals surface area contributed by atoms with Gasteiger partial charge in [-0.25, -0.2) is 0 Å². The van der Waals surface area contributed by atoms with Gasteiger partial charge in [0, 0.05) is 12.8 Å². The third-order valence-corrected chi connectivity index (χ3v) is 3.19. The number of unbranched alkanes of at least 4 members (excludes halogenated alkanes) is 1. The second-order valence-corrected chi connectivity index (χ2v) is 4.92. The van der Waals surface area contributed by atoms with Gasteiger partial charge in [-0.05, 0) is 26.4 Å². The summed E-state index contributed by atoms with van der Waals surface area (Å²) in [4.78, 5) is 11.5. The molecule has 1 amide bonds. The van der Waals surface area contributed by atoms with E-state index in [1.54, 1.807) is 0 Å². The highest BCUT2D eigenvalue weighted by atomic mass is 32.1. The van der Waals surface area contributed by atoms with Crippen LogP contribution in [-0.2, 0) is 11.2 Å². The Morgan fingerprint density at radius 2 is 2.18 bits per heavy atom. The van der Waals surface area contributed by atoms with Crippen LogP contribution in [0.2, 0.25) is 0 Å². The Morgan fingerprint density at radius 3 is 2.88 bits per heavy atom. The molecule has 0 aliphatic heterocycles. The summed E-state index contributed by atoms with van der Waals surface area (Å²) < 4.78 is 0. The third-order valence-electron chi connectivity index (χ3n) is 2.29. The van der Waals surface area contributed by atoms with Crippen molar-refractivity contribution in [2.75, 3.05) is 18.9 Å². The predicted molar refractivity (Wildman–Crippen MR) is 70.3 cm³/mol. The molecule has 0 aliphatic rings. The fraction of sp³-hybridized carbons (Fsp3) is 0.727. The molecule has 0 saturated carbocycles. The zero-order valence-electron chi connectivity index (χ0n) is 10.5. The maximum Gasteiger partial charge on any atom is 0.226 e. The molecule has 0 fully saturated rings. The van der Waals surface area contributed by atoms with Crippen LogP contribution < -0.4 is 10.6 Å². The monoisotopic (exact) mass is 256 g/mol. The number of rotatable bonds is 8. The summed E-state index contributed by atoms with van der Waals surface area (Å²) in [6, 6.07) is 0. The van der Waals surface area contributed by atoms with Crippen LogP contribution >= 0.6 is 11.3 Å². The second kappa shape index (κ2) is 8.14. The lowest BCUT2D eigenvalue weighted by Gasteiger charge is -2.00. The minimum atomic E-state index is 0.0124. The molecule has 17 heavy (non-hydrogen) atoms. The summed E-state index contributed by atoms with van der Waals surface area (Å²) in [7, 11) is 1.88. The van der Waals surface area contributed by atoms with Crippen molar-refractivity contribution in [2.24, 2.45) is 0 Å². The fourth-order valence-corrected chi connectivity index (χ4v) is 2.14. The molecule has 0 unspecified atom stereocenters. The van der Waals surface area contributed by atoms with Gasteiger partial charge in [0.05, 0.1) is 0 Å². The maximum absolute atomic E-state index is 11.5. The number of hydrogen-bond acceptors (Lipinski definition) is 5. The van der Waals surface area contributed by atoms with Gasteiger partial charge in [0.25, 0.3) is 0 Å². The van der Waals surface area contributed by atoms with Crippen molar-refractivity contribution >= 4 is 22.4 Å². The number of amides is 1. The van der Waals surface area contributed by atoms with E-state index in [0.29, 0.717) is 11.6 Å². The zero-order valence-corrected chi connectivity index (χ0v) is 11.3. The van der Waals surface area contributed by atoms with Gasteiger partial charge in [-0.15, -0.1) is 10.2 Å². The highest BCUT2D eigenvalue weighted by molar-refractivity contribution is 7.15. The molecule has 1 rings (SSSR count). The van der Waals surface area contributed by atoms with E-state index in [1.165, 1.54) is 11.3 Å². The summed E-state index contributed by atoms with van der Waals surface area (Å²) in [5.41, 5.74) is 0. The van der Waals surface area contributed by atoms with Crippen molar-refractivity contribution in [3.05, 3.63) is 5.01 Å². The van der Waals surface area contributed by atoms with E-state index in [9.17, 15) is 4.79 Å². The number of hydrogen-bond donors (Lipinski definition) is 2. The Balaban J connectivity index is 2.30. The van der Waals surface area contributed by atoms with Crippen molar-refractivity contribution in [1.29, 1.82) is 0 Å². The molecular formula is C11H20N4OS. The van der Waals surface area contributed by atoms with Gasteiger partial charge in [0.15, 0.2) is 0 Å². The molecule has 2 N–H and O–H groups in total. The standard InChI is InChI=1S/C11H20N4OS/c1-3-4-7-10-14-15-11(17-10)13-9(16)6-5-8-12-2/h12H,3-8H2,1-2H3,(H,13,15,16). The van der Waals surface area contributed by atoms with E-state index < -0.39 is 0 Å². The Bertz CT molecular complexity index is 340. The van der Waals surface area contributed by atoms with E-state index in [4.69, 9.17) is 0 Å². The number of nitrogens with zero attached hydrogens (tertiary/aromatic N) is 2. The van der Waals surface area contributed by atoms with Crippen molar-refractivity contribution in [1.82, 2.24) is 15.5 Å². The van der Waals surface area contributed by atoms with Crippen LogP contribution in [0.5, 0.6) is 0 Å². The Labute approximate surface area is 106 Å². The number of aryl methyl sites for hydroxylation is 1. The summed E-state index contributed by atoms with van der Waals surface area (Å²) >= 11 is 1.47. The highest BCUT2D eigenvalue weighted by Crippen LogP contribution is 2.17. The molecule has 5 nitrogen and oxygen atoms in total. The molecule has 1 aromatic heterocycles. The number of anilines is 1. The number of aromatic nitrogens is 2. The van der Waals surface area contributed by atoms with Gasteiger partial charge >= 0.3 is 0 Å². The summed E-state index contributed by atoms with van der Waals surface area (Å²) in [6.45, 7) is 3.00. The van der Waals surface area contributed by atoms with Crippen LogP contribution in [-0.4, -0.2) is 29.7 Å². The van der Waals surface area contributed by atoms with Crippen LogP contribution in [0.25, 0.3) is 0 Å². The van der Waals surface area contributed by atoms with E-state index >= 15 is 0 Å². The van der Waals surface area contributed by atoms with Crippen molar-refractivity contribution in [2.45, 2.75) is 39.0 Å². The molecule has 6 heteroatoms. The molecule has 0 atom stereocenters. The molecule has 0 aromatic carbocycles. The quantitative estimate of drug-likeness (QED) is 0.696. The summed E-state index contributed by atoms with van der Waals surface area (Å²) in [6.07, 6.45) is 4.56. The van der Waals surface area contributed by atoms with Gasteiger partial charge in [-0.1, -0.05) is 24.7 Å². The number of nitrogens with one attached hydrogen (secondary N) is 2. The number of carbonyl (C=O) groups excluding carboxylic acids is 1. The van der Waals surface area contributed by atoms with Crippen LogP contribution in [0.1, 0.15) is 37.6 Å². The fourth-order valence-electron chi connectivity index (χ4n) is 1.34. The smallest absolute Gasteiger partial charge is 0.226 e. The highest BCUT2D eigenvalue weighted by Gasteiger charge is 2.07. The van der Waals surface area contributed by atoms with Gasteiger partial charge in [0.2, 0.25) is 11.0 Å². The largest absolute Gasteiger partial charge is 0.320 e. The van der Waals surface area contributed by atoms with Gasteiger partial charge in [-0.2, -0.15) is 0 Å². The van der Waals surface area contributed by atoms with Crippen LogP contribution in [0.4, 0.5) is 5.13 Å². The van der Waals surface area contributed by atoms with E-state index in [2.05, 4.69) is 27.8 Å². The van der Waals surface area contributed by atoms with E-state index in [0.717, 1.165) is 37.2 Å². The summed E-state index contributed by atoms with van der Waals surface area (Å²) in [5, 5.41) is 15.4. The molecule has 0 saturated heterocycles. The molecule has 0 bridgehead atoms. The van der Waals surface area contributed by atoms with Crippen LogP contribution in [0.15, 0.2) is 0 Å². The molecule has 96 valence electrons. The SMILES string of the molecule is CCCCc1nnc(NC(=O)CCCNC)s1. The minimum absolute atomic E-state index is 0.0124. The lowest BCUT2D eigenvalue weighted by molar-refractivity contribution is -0.116. The molecule has 1 aromatic rings. The average Bonchev–Trinajstić information content (AvgIpc) is 2.74. The summed E-state index contributed by atoms with van der Waals surface area (Å²) in [5.74, 6) is 0.0124. The molecule has 0 radical (unpaired) electrons. The van der Waals surface area contributed by atoms with Gasteiger partial charge in [-0.3, -0.25) is 4.79 Å². The first-order valence-electron chi connectivity index (χ1n) is 6.03. The lowest BCUT2D eigenvalue weighted by atomic mass is 10.3. The second-order valence-electron chi connectivity index (χ2n) is 3.86. The molecule has 0 aliphatic carbocycles. The minimum Gasteiger partial charge on any atom is -0.320 e. The first-order valence-corrected chi connectivity index (χ1v) is 6.84. The number of carbonyl (C=O) groups is 1. The molecule has 0 spiro atoms. The first-order chi connectivity index (χ1) is 8.26.